The highest BCUT2D eigenvalue weighted by atomic mass is 32.2. The standard InChI is InChI=1S/C13H19NO2S/c1-11-4-6-13(7-5-11)17(15,16)12-3-2-9-14-10-8-12/h4-7,12,14H,2-3,8-10H2,1H3. The third-order valence-electron chi connectivity index (χ3n) is 3.31. The van der Waals surface area contributed by atoms with Crippen LogP contribution in [0.5, 0.6) is 0 Å². The van der Waals surface area contributed by atoms with Crippen molar-refractivity contribution in [3.8, 4) is 0 Å². The minimum atomic E-state index is -3.14. The van der Waals surface area contributed by atoms with Gasteiger partial charge in [0.1, 0.15) is 0 Å². The SMILES string of the molecule is Cc1ccc(S(=O)(=O)C2CCCNCC2)cc1. The van der Waals surface area contributed by atoms with Crippen LogP contribution in [0.4, 0.5) is 0 Å². The maximum atomic E-state index is 12.4. The molecule has 1 saturated heterocycles. The second kappa shape index (κ2) is 5.19. The van der Waals surface area contributed by atoms with Crippen molar-refractivity contribution in [2.45, 2.75) is 36.3 Å². The van der Waals surface area contributed by atoms with Crippen LogP contribution in [0, 0.1) is 6.92 Å². The Kier molecular flexibility index (Phi) is 3.84. The van der Waals surface area contributed by atoms with Gasteiger partial charge in [0, 0.05) is 0 Å². The molecule has 1 heterocycles. The number of aryl methyl sites for hydroxylation is 1. The second-order valence-electron chi connectivity index (χ2n) is 4.66. The smallest absolute Gasteiger partial charge is 0.181 e. The van der Waals surface area contributed by atoms with E-state index in [4.69, 9.17) is 0 Å². The second-order valence-corrected chi connectivity index (χ2v) is 6.89. The van der Waals surface area contributed by atoms with Gasteiger partial charge in [-0.05, 0) is 51.4 Å². The van der Waals surface area contributed by atoms with E-state index in [2.05, 4.69) is 5.32 Å². The summed E-state index contributed by atoms with van der Waals surface area (Å²) in [5.74, 6) is 0. The molecule has 1 aromatic carbocycles. The number of benzene rings is 1. The zero-order valence-corrected chi connectivity index (χ0v) is 11.0. The highest BCUT2D eigenvalue weighted by Crippen LogP contribution is 2.23. The molecule has 1 aliphatic heterocycles. The van der Waals surface area contributed by atoms with Gasteiger partial charge in [0.05, 0.1) is 10.1 Å². The van der Waals surface area contributed by atoms with Crippen molar-refractivity contribution >= 4 is 9.84 Å². The van der Waals surface area contributed by atoms with Crippen LogP contribution in [0.1, 0.15) is 24.8 Å². The lowest BCUT2D eigenvalue weighted by Gasteiger charge is -2.15. The van der Waals surface area contributed by atoms with Crippen molar-refractivity contribution < 1.29 is 8.42 Å². The zero-order chi connectivity index (χ0) is 12.3. The summed E-state index contributed by atoms with van der Waals surface area (Å²) >= 11 is 0. The molecule has 0 aliphatic carbocycles. The van der Waals surface area contributed by atoms with Crippen LogP contribution < -0.4 is 5.32 Å². The molecule has 1 N–H and O–H groups in total. The van der Waals surface area contributed by atoms with Crippen molar-refractivity contribution in [3.63, 3.8) is 0 Å². The molecule has 94 valence electrons. The lowest BCUT2D eigenvalue weighted by atomic mass is 10.2. The molecule has 1 fully saturated rings. The number of nitrogens with one attached hydrogen (secondary N) is 1. The van der Waals surface area contributed by atoms with Crippen molar-refractivity contribution in [1.29, 1.82) is 0 Å². The molecule has 0 aromatic heterocycles. The first-order chi connectivity index (χ1) is 8.10. The van der Waals surface area contributed by atoms with E-state index in [9.17, 15) is 8.42 Å². The summed E-state index contributed by atoms with van der Waals surface area (Å²) in [7, 11) is -3.14. The van der Waals surface area contributed by atoms with Gasteiger partial charge >= 0.3 is 0 Å². The van der Waals surface area contributed by atoms with Crippen LogP contribution in [-0.4, -0.2) is 26.8 Å². The average molecular weight is 253 g/mol. The fourth-order valence-corrected chi connectivity index (χ4v) is 4.02. The fraction of sp³-hybridized carbons (Fsp3) is 0.538. The first kappa shape index (κ1) is 12.6. The Hall–Kier alpha value is -0.870. The van der Waals surface area contributed by atoms with E-state index in [1.165, 1.54) is 0 Å². The molecule has 1 aromatic rings. The van der Waals surface area contributed by atoms with Gasteiger partial charge in [-0.3, -0.25) is 0 Å². The number of rotatable bonds is 2. The van der Waals surface area contributed by atoms with Crippen LogP contribution >= 0.6 is 0 Å². The molecule has 0 amide bonds. The Labute approximate surface area is 103 Å². The number of hydrogen-bond acceptors (Lipinski definition) is 3. The molecule has 2 rings (SSSR count). The Bertz CT molecular complexity index is 457. The van der Waals surface area contributed by atoms with E-state index in [1.54, 1.807) is 12.1 Å². The van der Waals surface area contributed by atoms with Gasteiger partial charge in [0.15, 0.2) is 9.84 Å². The van der Waals surface area contributed by atoms with Crippen molar-refractivity contribution in [3.05, 3.63) is 29.8 Å². The van der Waals surface area contributed by atoms with E-state index >= 15 is 0 Å². The monoisotopic (exact) mass is 253 g/mol. The third kappa shape index (κ3) is 2.87. The molecule has 0 spiro atoms. The Morgan fingerprint density at radius 2 is 1.82 bits per heavy atom. The lowest BCUT2D eigenvalue weighted by Crippen LogP contribution is -2.23. The highest BCUT2D eigenvalue weighted by Gasteiger charge is 2.27. The van der Waals surface area contributed by atoms with Crippen LogP contribution in [0.15, 0.2) is 29.2 Å². The third-order valence-corrected chi connectivity index (χ3v) is 5.59. The van der Waals surface area contributed by atoms with E-state index in [-0.39, 0.29) is 5.25 Å². The summed E-state index contributed by atoms with van der Waals surface area (Å²) in [6, 6.07) is 7.18. The number of sulfone groups is 1. The predicted octanol–water partition coefficient (Wildman–Crippen LogP) is 1.91. The Balaban J connectivity index is 2.25. The van der Waals surface area contributed by atoms with E-state index in [0.717, 1.165) is 37.9 Å². The lowest BCUT2D eigenvalue weighted by molar-refractivity contribution is 0.566. The topological polar surface area (TPSA) is 46.2 Å². The summed E-state index contributed by atoms with van der Waals surface area (Å²) in [4.78, 5) is 0.468. The summed E-state index contributed by atoms with van der Waals surface area (Å²) in [6.45, 7) is 3.70. The van der Waals surface area contributed by atoms with Gasteiger partial charge in [-0.25, -0.2) is 8.42 Å². The zero-order valence-electron chi connectivity index (χ0n) is 10.1. The highest BCUT2D eigenvalue weighted by molar-refractivity contribution is 7.92. The van der Waals surface area contributed by atoms with Gasteiger partial charge in [-0.2, -0.15) is 0 Å². The summed E-state index contributed by atoms with van der Waals surface area (Å²) < 4.78 is 24.8. The van der Waals surface area contributed by atoms with Gasteiger partial charge in [0.2, 0.25) is 0 Å². The van der Waals surface area contributed by atoms with Crippen molar-refractivity contribution in [1.82, 2.24) is 5.32 Å². The summed E-state index contributed by atoms with van der Waals surface area (Å²) in [6.07, 6.45) is 2.43. The van der Waals surface area contributed by atoms with Crippen LogP contribution in [-0.2, 0) is 9.84 Å². The van der Waals surface area contributed by atoms with E-state index < -0.39 is 9.84 Å². The largest absolute Gasteiger partial charge is 0.317 e. The number of hydrogen-bond donors (Lipinski definition) is 1. The van der Waals surface area contributed by atoms with Gasteiger partial charge in [-0.15, -0.1) is 0 Å². The van der Waals surface area contributed by atoms with E-state index in [0.29, 0.717) is 4.90 Å². The molecule has 0 bridgehead atoms. The molecular weight excluding hydrogens is 234 g/mol. The average Bonchev–Trinajstić information content (AvgIpc) is 2.58. The molecular formula is C13H19NO2S. The maximum absolute atomic E-state index is 12.4. The van der Waals surface area contributed by atoms with Crippen molar-refractivity contribution in [2.24, 2.45) is 0 Å². The molecule has 1 aliphatic rings. The molecule has 0 saturated carbocycles. The van der Waals surface area contributed by atoms with Gasteiger partial charge in [0.25, 0.3) is 0 Å². The van der Waals surface area contributed by atoms with Crippen LogP contribution in [0.3, 0.4) is 0 Å². The van der Waals surface area contributed by atoms with Crippen LogP contribution in [0.2, 0.25) is 0 Å². The normalized spacial score (nSPS) is 22.1. The maximum Gasteiger partial charge on any atom is 0.181 e. The van der Waals surface area contributed by atoms with Gasteiger partial charge in [-0.1, -0.05) is 17.7 Å². The van der Waals surface area contributed by atoms with Gasteiger partial charge < -0.3 is 5.32 Å². The quantitative estimate of drug-likeness (QED) is 0.875. The molecule has 0 radical (unpaired) electrons. The Morgan fingerprint density at radius 3 is 2.53 bits per heavy atom. The predicted molar refractivity (Wildman–Crippen MR) is 68.9 cm³/mol. The molecule has 1 atom stereocenters. The minimum absolute atomic E-state index is 0.222. The van der Waals surface area contributed by atoms with Crippen molar-refractivity contribution in [2.75, 3.05) is 13.1 Å². The molecule has 17 heavy (non-hydrogen) atoms. The molecule has 3 nitrogen and oxygen atoms in total. The molecule has 1 unspecified atom stereocenters. The first-order valence-corrected chi connectivity index (χ1v) is 7.66. The molecule has 4 heteroatoms. The summed E-state index contributed by atoms with van der Waals surface area (Å²) in [5, 5.41) is 3.02. The van der Waals surface area contributed by atoms with E-state index in [1.807, 2.05) is 19.1 Å². The minimum Gasteiger partial charge on any atom is -0.317 e. The van der Waals surface area contributed by atoms with Crippen LogP contribution in [0.25, 0.3) is 0 Å². The first-order valence-electron chi connectivity index (χ1n) is 6.12. The Morgan fingerprint density at radius 1 is 1.12 bits per heavy atom. The fourth-order valence-electron chi connectivity index (χ4n) is 2.22. The summed E-state index contributed by atoms with van der Waals surface area (Å²) in [5.41, 5.74) is 1.09.